The minimum atomic E-state index is -0.202. The average Bonchev–Trinajstić information content (AvgIpc) is 2.35. The molecule has 1 fully saturated rings. The molecule has 4 heteroatoms. The van der Waals surface area contributed by atoms with E-state index in [1.54, 1.807) is 7.11 Å². The largest absolute Gasteiger partial charge is 0.483 e. The van der Waals surface area contributed by atoms with Gasteiger partial charge in [-0.1, -0.05) is 13.8 Å². The van der Waals surface area contributed by atoms with Crippen LogP contribution in [0.1, 0.15) is 26.7 Å². The first-order chi connectivity index (χ1) is 8.06. The Hall–Kier alpha value is -1.03. The van der Waals surface area contributed by atoms with Gasteiger partial charge < -0.3 is 14.8 Å². The van der Waals surface area contributed by atoms with E-state index < -0.39 is 0 Å². The number of Topliss-reactive ketones (excluding diaryl/α,β-unsaturated/α-hetero) is 1. The van der Waals surface area contributed by atoms with Crippen LogP contribution in [0.2, 0.25) is 0 Å². The molecular weight excluding hydrogens is 218 g/mol. The highest BCUT2D eigenvalue weighted by atomic mass is 16.5. The third-order valence-electron chi connectivity index (χ3n) is 3.18. The summed E-state index contributed by atoms with van der Waals surface area (Å²) in [5, 5.41) is 3.10. The van der Waals surface area contributed by atoms with Crippen molar-refractivity contribution in [3.05, 3.63) is 12.5 Å². The van der Waals surface area contributed by atoms with Crippen molar-refractivity contribution in [1.82, 2.24) is 5.32 Å². The van der Waals surface area contributed by atoms with Gasteiger partial charge >= 0.3 is 0 Å². The van der Waals surface area contributed by atoms with Gasteiger partial charge in [0.05, 0.1) is 13.2 Å². The Morgan fingerprint density at radius 1 is 1.41 bits per heavy atom. The topological polar surface area (TPSA) is 47.6 Å². The Morgan fingerprint density at radius 3 is 2.47 bits per heavy atom. The van der Waals surface area contributed by atoms with Crippen molar-refractivity contribution in [2.24, 2.45) is 11.8 Å². The molecule has 1 aliphatic rings. The maximum atomic E-state index is 12.2. The van der Waals surface area contributed by atoms with E-state index in [0.717, 1.165) is 26.1 Å². The van der Waals surface area contributed by atoms with Crippen LogP contribution < -0.4 is 5.32 Å². The molecule has 0 spiro atoms. The first kappa shape index (κ1) is 14.0. The van der Waals surface area contributed by atoms with Crippen molar-refractivity contribution < 1.29 is 14.3 Å². The van der Waals surface area contributed by atoms with Gasteiger partial charge in [0.25, 0.3) is 0 Å². The van der Waals surface area contributed by atoms with Gasteiger partial charge in [-0.05, 0) is 25.3 Å². The van der Waals surface area contributed by atoms with E-state index >= 15 is 0 Å². The molecule has 0 aromatic carbocycles. The van der Waals surface area contributed by atoms with Crippen LogP contribution in [0.5, 0.6) is 0 Å². The molecule has 1 atom stereocenters. The maximum Gasteiger partial charge on any atom is 0.179 e. The number of carbonyl (C=O) groups is 1. The van der Waals surface area contributed by atoms with Gasteiger partial charge in [0, 0.05) is 19.1 Å². The number of methoxy groups -OCH3 is 1. The Bertz CT molecular complexity index is 270. The van der Waals surface area contributed by atoms with Crippen LogP contribution in [0.4, 0.5) is 0 Å². The van der Waals surface area contributed by atoms with Crippen molar-refractivity contribution in [1.29, 1.82) is 0 Å². The Kier molecular flexibility index (Phi) is 5.48. The zero-order valence-corrected chi connectivity index (χ0v) is 11.0. The molecule has 0 bridgehead atoms. The lowest BCUT2D eigenvalue weighted by Crippen LogP contribution is -2.46. The fourth-order valence-corrected chi connectivity index (χ4v) is 2.06. The third kappa shape index (κ3) is 4.04. The molecule has 0 aromatic rings. The van der Waals surface area contributed by atoms with Gasteiger partial charge in [-0.15, -0.1) is 0 Å². The van der Waals surface area contributed by atoms with E-state index in [0.29, 0.717) is 11.8 Å². The van der Waals surface area contributed by atoms with Crippen LogP contribution >= 0.6 is 0 Å². The van der Waals surface area contributed by atoms with Crippen molar-refractivity contribution in [3.63, 3.8) is 0 Å². The molecule has 17 heavy (non-hydrogen) atoms. The number of ether oxygens (including phenoxy) is 2. The minimum absolute atomic E-state index is 0.0139. The van der Waals surface area contributed by atoms with Gasteiger partial charge in [0.1, 0.15) is 0 Å². The van der Waals surface area contributed by atoms with E-state index in [1.165, 1.54) is 0 Å². The monoisotopic (exact) mass is 241 g/mol. The van der Waals surface area contributed by atoms with E-state index in [1.807, 2.05) is 13.8 Å². The lowest BCUT2D eigenvalue weighted by atomic mass is 9.85. The van der Waals surface area contributed by atoms with E-state index in [-0.39, 0.29) is 17.7 Å². The molecule has 1 saturated heterocycles. The van der Waals surface area contributed by atoms with Crippen molar-refractivity contribution >= 4 is 5.78 Å². The average molecular weight is 241 g/mol. The predicted molar refractivity (Wildman–Crippen MR) is 66.5 cm³/mol. The predicted octanol–water partition coefficient (Wildman–Crippen LogP) is 1.71. The highest BCUT2D eigenvalue weighted by Gasteiger charge is 2.31. The molecule has 1 rings (SSSR count). The summed E-state index contributed by atoms with van der Waals surface area (Å²) in [6.45, 7) is 9.04. The quantitative estimate of drug-likeness (QED) is 0.719. The summed E-state index contributed by atoms with van der Waals surface area (Å²) < 4.78 is 10.3. The number of carbonyl (C=O) groups excluding carboxylic acids is 1. The number of hydrogen-bond acceptors (Lipinski definition) is 4. The SMILES string of the molecule is C=C(N[C@H](C(=O)C(C)C)C1CCOCC1)OC. The number of hydrogen-bond donors (Lipinski definition) is 1. The summed E-state index contributed by atoms with van der Waals surface area (Å²) in [4.78, 5) is 12.2. The molecule has 0 radical (unpaired) electrons. The zero-order valence-electron chi connectivity index (χ0n) is 11.0. The van der Waals surface area contributed by atoms with Crippen molar-refractivity contribution in [3.8, 4) is 0 Å². The molecule has 0 aromatic heterocycles. The molecule has 1 heterocycles. The highest BCUT2D eigenvalue weighted by Crippen LogP contribution is 2.22. The Morgan fingerprint density at radius 2 is 2.00 bits per heavy atom. The summed E-state index contributed by atoms with van der Waals surface area (Å²) in [6.07, 6.45) is 1.82. The molecule has 1 aliphatic heterocycles. The second-order valence-corrected chi connectivity index (χ2v) is 4.76. The van der Waals surface area contributed by atoms with Crippen LogP contribution in [0.3, 0.4) is 0 Å². The van der Waals surface area contributed by atoms with Crippen molar-refractivity contribution in [2.75, 3.05) is 20.3 Å². The summed E-state index contributed by atoms with van der Waals surface area (Å²) in [7, 11) is 1.55. The van der Waals surface area contributed by atoms with Crippen LogP contribution in [0.25, 0.3) is 0 Å². The van der Waals surface area contributed by atoms with E-state index in [4.69, 9.17) is 9.47 Å². The molecule has 98 valence electrons. The van der Waals surface area contributed by atoms with Crippen LogP contribution in [-0.2, 0) is 14.3 Å². The van der Waals surface area contributed by atoms with E-state index in [2.05, 4.69) is 11.9 Å². The van der Waals surface area contributed by atoms with Gasteiger partial charge in [0.2, 0.25) is 0 Å². The van der Waals surface area contributed by atoms with Gasteiger partial charge in [-0.3, -0.25) is 4.79 Å². The lowest BCUT2D eigenvalue weighted by Gasteiger charge is -2.31. The highest BCUT2D eigenvalue weighted by molar-refractivity contribution is 5.86. The van der Waals surface area contributed by atoms with Gasteiger partial charge in [0.15, 0.2) is 11.7 Å². The summed E-state index contributed by atoms with van der Waals surface area (Å²) in [5.41, 5.74) is 0. The van der Waals surface area contributed by atoms with Crippen molar-refractivity contribution in [2.45, 2.75) is 32.7 Å². The molecule has 0 aliphatic carbocycles. The molecule has 0 amide bonds. The van der Waals surface area contributed by atoms with Crippen LogP contribution in [0.15, 0.2) is 12.5 Å². The van der Waals surface area contributed by atoms with Crippen LogP contribution in [-0.4, -0.2) is 32.1 Å². The molecule has 1 N–H and O–H groups in total. The number of ketones is 1. The third-order valence-corrected chi connectivity index (χ3v) is 3.18. The normalized spacial score (nSPS) is 18.8. The molecule has 0 unspecified atom stereocenters. The number of rotatable bonds is 6. The van der Waals surface area contributed by atoms with Gasteiger partial charge in [-0.25, -0.2) is 0 Å². The van der Waals surface area contributed by atoms with E-state index in [9.17, 15) is 4.79 Å². The second kappa shape index (κ2) is 6.64. The second-order valence-electron chi connectivity index (χ2n) is 4.76. The summed E-state index contributed by atoms with van der Waals surface area (Å²) >= 11 is 0. The summed E-state index contributed by atoms with van der Waals surface area (Å²) in [5.74, 6) is 0.996. The Labute approximate surface area is 103 Å². The zero-order chi connectivity index (χ0) is 12.8. The standard InChI is InChI=1S/C13H23NO3/c1-9(2)13(15)12(14-10(3)16-4)11-5-7-17-8-6-11/h9,11-12,14H,3,5-8H2,1-2,4H3/t12-/m0/s1. The smallest absolute Gasteiger partial charge is 0.179 e. The number of nitrogens with one attached hydrogen (secondary N) is 1. The van der Waals surface area contributed by atoms with Gasteiger partial charge in [-0.2, -0.15) is 0 Å². The maximum absolute atomic E-state index is 12.2. The first-order valence-corrected chi connectivity index (χ1v) is 6.17. The molecule has 4 nitrogen and oxygen atoms in total. The molecule has 0 saturated carbocycles. The lowest BCUT2D eigenvalue weighted by molar-refractivity contribution is -0.126. The molecular formula is C13H23NO3. The first-order valence-electron chi connectivity index (χ1n) is 6.17. The van der Waals surface area contributed by atoms with Crippen LogP contribution in [0, 0.1) is 11.8 Å². The fraction of sp³-hybridized carbons (Fsp3) is 0.769. The summed E-state index contributed by atoms with van der Waals surface area (Å²) in [6, 6.07) is -0.202. The Balaban J connectivity index is 2.69. The minimum Gasteiger partial charge on any atom is -0.483 e. The fourth-order valence-electron chi connectivity index (χ4n) is 2.06.